The Morgan fingerprint density at radius 1 is 1.14 bits per heavy atom. The van der Waals surface area contributed by atoms with Gasteiger partial charge in [-0.1, -0.05) is 19.9 Å². The lowest BCUT2D eigenvalue weighted by Crippen LogP contribution is -2.34. The molecule has 2 aromatic carbocycles. The SMILES string of the molecule is Cc1ccc(NC(=O)C(CC(C)C)Oc2ccc(C#N)c(C(F)(F)F)c2)cc1C. The molecule has 0 aromatic heterocycles. The Bertz CT molecular complexity index is 931. The van der Waals surface area contributed by atoms with Crippen molar-refractivity contribution < 1.29 is 22.7 Å². The van der Waals surface area contributed by atoms with Crippen molar-refractivity contribution >= 4 is 11.6 Å². The van der Waals surface area contributed by atoms with Crippen LogP contribution in [0.2, 0.25) is 0 Å². The van der Waals surface area contributed by atoms with E-state index in [1.165, 1.54) is 12.1 Å². The maximum absolute atomic E-state index is 13.2. The van der Waals surface area contributed by atoms with Gasteiger partial charge in [0.1, 0.15) is 5.75 Å². The number of rotatable bonds is 6. The molecule has 2 rings (SSSR count). The first-order valence-corrected chi connectivity index (χ1v) is 9.17. The quantitative estimate of drug-likeness (QED) is 0.679. The van der Waals surface area contributed by atoms with Crippen molar-refractivity contribution in [2.45, 2.75) is 46.4 Å². The van der Waals surface area contributed by atoms with Gasteiger partial charge in [-0.05, 0) is 67.6 Å². The van der Waals surface area contributed by atoms with Crippen LogP contribution >= 0.6 is 0 Å². The molecule has 2 aromatic rings. The van der Waals surface area contributed by atoms with Crippen molar-refractivity contribution in [3.8, 4) is 11.8 Å². The van der Waals surface area contributed by atoms with Crippen LogP contribution < -0.4 is 10.1 Å². The van der Waals surface area contributed by atoms with Gasteiger partial charge in [0.05, 0.1) is 17.2 Å². The number of benzene rings is 2. The van der Waals surface area contributed by atoms with E-state index in [1.54, 1.807) is 6.07 Å². The molecule has 29 heavy (non-hydrogen) atoms. The van der Waals surface area contributed by atoms with Crippen LogP contribution in [0, 0.1) is 31.1 Å². The van der Waals surface area contributed by atoms with Crippen molar-refractivity contribution in [3.05, 3.63) is 58.7 Å². The number of halogens is 3. The first-order valence-electron chi connectivity index (χ1n) is 9.17. The van der Waals surface area contributed by atoms with Gasteiger partial charge in [-0.2, -0.15) is 18.4 Å². The fourth-order valence-corrected chi connectivity index (χ4v) is 2.77. The highest BCUT2D eigenvalue weighted by Crippen LogP contribution is 2.34. The topological polar surface area (TPSA) is 62.1 Å². The minimum atomic E-state index is -4.69. The molecule has 0 fully saturated rings. The van der Waals surface area contributed by atoms with Gasteiger partial charge in [0, 0.05) is 5.69 Å². The van der Waals surface area contributed by atoms with E-state index in [2.05, 4.69) is 5.32 Å². The predicted molar refractivity (Wildman–Crippen MR) is 105 cm³/mol. The maximum atomic E-state index is 13.2. The van der Waals surface area contributed by atoms with Gasteiger partial charge < -0.3 is 10.1 Å². The van der Waals surface area contributed by atoms with Crippen LogP contribution in [0.3, 0.4) is 0 Å². The fourth-order valence-electron chi connectivity index (χ4n) is 2.77. The number of hydrogen-bond acceptors (Lipinski definition) is 3. The van der Waals surface area contributed by atoms with E-state index in [4.69, 9.17) is 10.00 Å². The van der Waals surface area contributed by atoms with Gasteiger partial charge in [0.15, 0.2) is 6.10 Å². The molecule has 0 bridgehead atoms. The average molecular weight is 404 g/mol. The second-order valence-corrected chi connectivity index (χ2v) is 7.34. The molecular formula is C22H23F3N2O2. The predicted octanol–water partition coefficient (Wildman–Crippen LogP) is 5.63. The summed E-state index contributed by atoms with van der Waals surface area (Å²) in [5.74, 6) is -0.483. The Labute approximate surface area is 168 Å². The summed E-state index contributed by atoms with van der Waals surface area (Å²) in [7, 11) is 0. The molecule has 1 atom stereocenters. The highest BCUT2D eigenvalue weighted by atomic mass is 19.4. The van der Waals surface area contributed by atoms with Crippen molar-refractivity contribution in [1.82, 2.24) is 0 Å². The molecule has 0 radical (unpaired) electrons. The Hall–Kier alpha value is -3.01. The molecule has 0 saturated carbocycles. The average Bonchev–Trinajstić information content (AvgIpc) is 2.63. The van der Waals surface area contributed by atoms with E-state index in [9.17, 15) is 18.0 Å². The van der Waals surface area contributed by atoms with Crippen LogP contribution in [0.25, 0.3) is 0 Å². The fraction of sp³-hybridized carbons (Fsp3) is 0.364. The van der Waals surface area contributed by atoms with Gasteiger partial charge in [0.25, 0.3) is 5.91 Å². The van der Waals surface area contributed by atoms with Gasteiger partial charge in [0.2, 0.25) is 0 Å². The lowest BCUT2D eigenvalue weighted by atomic mass is 10.0. The highest BCUT2D eigenvalue weighted by molar-refractivity contribution is 5.94. The first-order chi connectivity index (χ1) is 13.5. The van der Waals surface area contributed by atoms with Crippen LogP contribution in [0.1, 0.15) is 42.5 Å². The first kappa shape index (κ1) is 22.3. The van der Waals surface area contributed by atoms with Gasteiger partial charge in [-0.25, -0.2) is 0 Å². The number of amides is 1. The van der Waals surface area contributed by atoms with Crippen LogP contribution in [0.5, 0.6) is 5.75 Å². The van der Waals surface area contributed by atoms with Crippen molar-refractivity contribution in [2.75, 3.05) is 5.32 Å². The van der Waals surface area contributed by atoms with Crippen molar-refractivity contribution in [2.24, 2.45) is 5.92 Å². The summed E-state index contributed by atoms with van der Waals surface area (Å²) in [5.41, 5.74) is 1.09. The highest BCUT2D eigenvalue weighted by Gasteiger charge is 2.34. The zero-order chi connectivity index (χ0) is 21.8. The summed E-state index contributed by atoms with van der Waals surface area (Å²) < 4.78 is 45.2. The summed E-state index contributed by atoms with van der Waals surface area (Å²) >= 11 is 0. The van der Waals surface area contributed by atoms with E-state index in [-0.39, 0.29) is 11.7 Å². The van der Waals surface area contributed by atoms with E-state index < -0.39 is 29.3 Å². The number of nitrogens with one attached hydrogen (secondary N) is 1. The molecule has 4 nitrogen and oxygen atoms in total. The molecule has 0 aliphatic carbocycles. The molecule has 1 N–H and O–H groups in total. The normalized spacial score (nSPS) is 12.4. The monoisotopic (exact) mass is 404 g/mol. The number of nitrogens with zero attached hydrogens (tertiary/aromatic N) is 1. The zero-order valence-corrected chi connectivity index (χ0v) is 16.7. The van der Waals surface area contributed by atoms with Crippen LogP contribution in [-0.2, 0) is 11.0 Å². The smallest absolute Gasteiger partial charge is 0.417 e. The summed E-state index contributed by atoms with van der Waals surface area (Å²) in [4.78, 5) is 12.7. The van der Waals surface area contributed by atoms with Crippen LogP contribution in [0.15, 0.2) is 36.4 Å². The summed E-state index contributed by atoms with van der Waals surface area (Å²) in [6, 6.07) is 10.1. The molecule has 0 spiro atoms. The van der Waals surface area contributed by atoms with E-state index >= 15 is 0 Å². The molecule has 0 saturated heterocycles. The molecule has 1 unspecified atom stereocenters. The third-order valence-corrected chi connectivity index (χ3v) is 4.45. The van der Waals surface area contributed by atoms with Crippen LogP contribution in [0.4, 0.5) is 18.9 Å². The third kappa shape index (κ3) is 5.98. The minimum absolute atomic E-state index is 0.0750. The van der Waals surface area contributed by atoms with E-state index in [0.29, 0.717) is 12.1 Å². The molecule has 0 heterocycles. The number of alkyl halides is 3. The van der Waals surface area contributed by atoms with Gasteiger partial charge in [-0.15, -0.1) is 0 Å². The Morgan fingerprint density at radius 2 is 1.83 bits per heavy atom. The number of anilines is 1. The minimum Gasteiger partial charge on any atom is -0.481 e. The number of carbonyl (C=O) groups is 1. The molecule has 7 heteroatoms. The third-order valence-electron chi connectivity index (χ3n) is 4.45. The lowest BCUT2D eigenvalue weighted by molar-refractivity contribution is -0.137. The number of aryl methyl sites for hydroxylation is 2. The summed E-state index contributed by atoms with van der Waals surface area (Å²) in [5, 5.41) is 11.7. The van der Waals surface area contributed by atoms with Gasteiger partial charge >= 0.3 is 6.18 Å². The van der Waals surface area contributed by atoms with Crippen molar-refractivity contribution in [3.63, 3.8) is 0 Å². The lowest BCUT2D eigenvalue weighted by Gasteiger charge is -2.21. The second kappa shape index (κ2) is 8.99. The number of hydrogen-bond donors (Lipinski definition) is 1. The van der Waals surface area contributed by atoms with Gasteiger partial charge in [-0.3, -0.25) is 4.79 Å². The molecule has 154 valence electrons. The van der Waals surface area contributed by atoms with Crippen LogP contribution in [-0.4, -0.2) is 12.0 Å². The second-order valence-electron chi connectivity index (χ2n) is 7.34. The molecule has 1 amide bonds. The van der Waals surface area contributed by atoms with Crippen molar-refractivity contribution in [1.29, 1.82) is 5.26 Å². The number of ether oxygens (including phenoxy) is 1. The number of nitriles is 1. The Kier molecular flexibility index (Phi) is 6.91. The molecule has 0 aliphatic heterocycles. The zero-order valence-electron chi connectivity index (χ0n) is 16.7. The molecular weight excluding hydrogens is 381 g/mol. The van der Waals surface area contributed by atoms with E-state index in [0.717, 1.165) is 23.3 Å². The largest absolute Gasteiger partial charge is 0.481 e. The Morgan fingerprint density at radius 3 is 2.38 bits per heavy atom. The maximum Gasteiger partial charge on any atom is 0.417 e. The Balaban J connectivity index is 2.27. The number of carbonyl (C=O) groups excluding carboxylic acids is 1. The standard InChI is InChI=1S/C22H23F3N2O2/c1-13(2)9-20(21(28)27-17-7-5-14(3)15(4)10-17)29-18-8-6-16(12-26)19(11-18)22(23,24)25/h5-8,10-11,13,20H,9H2,1-4H3,(H,27,28). The summed E-state index contributed by atoms with van der Waals surface area (Å²) in [6.07, 6.45) is -5.36. The molecule has 0 aliphatic rings. The summed E-state index contributed by atoms with van der Waals surface area (Å²) in [6.45, 7) is 7.65. The van der Waals surface area contributed by atoms with E-state index in [1.807, 2.05) is 39.8 Å².